The lowest BCUT2D eigenvalue weighted by Crippen LogP contribution is -2.27. The molecule has 4 heteroatoms. The number of anilines is 1. The van der Waals surface area contributed by atoms with Gasteiger partial charge in [0.05, 0.1) is 11.2 Å². The maximum Gasteiger partial charge on any atom is 0.412 e. The van der Waals surface area contributed by atoms with Crippen molar-refractivity contribution in [1.82, 2.24) is 0 Å². The number of carbonyl (C=O) groups is 1. The Morgan fingerprint density at radius 2 is 2.07 bits per heavy atom. The topological polar surface area (TPSA) is 38.3 Å². The second-order valence-electron chi connectivity index (χ2n) is 3.82. The minimum Gasteiger partial charge on any atom is -0.444 e. The summed E-state index contributed by atoms with van der Waals surface area (Å²) in [5, 5.41) is 2.33. The zero-order valence-electron chi connectivity index (χ0n) is 12.7. The normalized spacial score (nSPS) is 14.7. The fourth-order valence-electron chi connectivity index (χ4n) is 0.789. The summed E-state index contributed by atoms with van der Waals surface area (Å²) in [7, 11) is 0. The Hall–Kier alpha value is -1.03. The zero-order chi connectivity index (χ0) is 15.0. The van der Waals surface area contributed by atoms with E-state index >= 15 is 0 Å². The van der Waals surface area contributed by atoms with Crippen molar-refractivity contribution < 1.29 is 15.0 Å². The van der Waals surface area contributed by atoms with Gasteiger partial charge in [-0.1, -0.05) is 12.1 Å². The molecular weight excluding hydrogens is 258 g/mol. The largest absolute Gasteiger partial charge is 0.444 e. The van der Waals surface area contributed by atoms with Gasteiger partial charge in [-0.2, -0.15) is 0 Å². The summed E-state index contributed by atoms with van der Waals surface area (Å²) in [6.07, 6.45) is -0.779. The highest BCUT2D eigenvalue weighted by Gasteiger charge is 2.16. The molecule has 0 aliphatic carbocycles. The van der Waals surface area contributed by atoms with Gasteiger partial charge in [0.1, 0.15) is 5.60 Å². The summed E-state index contributed by atoms with van der Waals surface area (Å²) in [6, 6.07) is -1.38. The van der Waals surface area contributed by atoms with Crippen LogP contribution in [0.3, 0.4) is 0 Å². The third-order valence-electron chi connectivity index (χ3n) is 1.27. The van der Waals surface area contributed by atoms with Crippen molar-refractivity contribution in [3.8, 4) is 0 Å². The second kappa shape index (κ2) is 4.66. The van der Waals surface area contributed by atoms with E-state index in [0.29, 0.717) is 0 Å². The minimum atomic E-state index is -0.779. The Balaban J connectivity index is 3.13. The van der Waals surface area contributed by atoms with Gasteiger partial charge in [-0.15, -0.1) is 0 Å². The van der Waals surface area contributed by atoms with E-state index in [9.17, 15) is 4.79 Å². The standard InChI is InChI=1S/C11H14BrNO2/c1-11(2,3)15-10(14)13-9-7-5-4-6-8(9)12/h4-7H,1-3H3,(H,13,14)/i4D,5D,6D,7D. The Kier molecular flexibility index (Phi) is 2.26. The first kappa shape index (κ1) is 7.28. The van der Waals surface area contributed by atoms with E-state index in [1.807, 2.05) is 0 Å². The molecule has 0 atom stereocenters. The minimum absolute atomic E-state index is 0.0414. The molecule has 1 aromatic rings. The zero-order valence-corrected chi connectivity index (χ0v) is 10.3. The molecule has 0 radical (unpaired) electrons. The van der Waals surface area contributed by atoms with E-state index in [1.165, 1.54) is 0 Å². The van der Waals surface area contributed by atoms with Gasteiger partial charge in [0.25, 0.3) is 0 Å². The third kappa shape index (κ3) is 4.34. The molecule has 0 unspecified atom stereocenters. The van der Waals surface area contributed by atoms with Crippen LogP contribution in [-0.2, 0) is 4.74 Å². The number of hydrogen-bond acceptors (Lipinski definition) is 2. The van der Waals surface area contributed by atoms with Crippen LogP contribution in [-0.4, -0.2) is 11.7 Å². The van der Waals surface area contributed by atoms with Gasteiger partial charge in [0, 0.05) is 4.47 Å². The highest BCUT2D eigenvalue weighted by atomic mass is 79.9. The molecule has 15 heavy (non-hydrogen) atoms. The summed E-state index contributed by atoms with van der Waals surface area (Å²) in [4.78, 5) is 11.6. The van der Waals surface area contributed by atoms with Gasteiger partial charge in [0.15, 0.2) is 0 Å². The molecule has 3 nitrogen and oxygen atoms in total. The molecule has 0 spiro atoms. The summed E-state index contributed by atoms with van der Waals surface area (Å²) in [5.74, 6) is 0. The number of benzene rings is 1. The smallest absolute Gasteiger partial charge is 0.412 e. The van der Waals surface area contributed by atoms with Crippen LogP contribution in [0.1, 0.15) is 26.3 Å². The summed E-state index contributed by atoms with van der Waals surface area (Å²) < 4.78 is 35.5. The van der Waals surface area contributed by atoms with Crippen molar-refractivity contribution in [2.75, 3.05) is 5.32 Å². The number of hydrogen-bond donors (Lipinski definition) is 1. The molecule has 0 saturated carbocycles. The van der Waals surface area contributed by atoms with Gasteiger partial charge >= 0.3 is 6.09 Å². The quantitative estimate of drug-likeness (QED) is 0.847. The number of nitrogens with one attached hydrogen (secondary N) is 1. The fraction of sp³-hybridized carbons (Fsp3) is 0.364. The van der Waals surface area contributed by atoms with E-state index in [2.05, 4.69) is 21.2 Å². The van der Waals surface area contributed by atoms with Gasteiger partial charge in [-0.25, -0.2) is 4.79 Å². The second-order valence-corrected chi connectivity index (χ2v) is 4.61. The van der Waals surface area contributed by atoms with Crippen molar-refractivity contribution in [1.29, 1.82) is 0 Å². The van der Waals surface area contributed by atoms with Crippen molar-refractivity contribution in [2.24, 2.45) is 0 Å². The summed E-state index contributed by atoms with van der Waals surface area (Å²) in [6.45, 7) is 5.09. The molecule has 1 aromatic carbocycles. The first-order chi connectivity index (χ1) is 8.54. The molecule has 0 saturated heterocycles. The SMILES string of the molecule is [2H]c1c([2H])c([2H])c(NC(=O)OC(C)(C)C)c(Br)c1[2H]. The summed E-state index contributed by atoms with van der Waals surface area (Å²) >= 11 is 3.04. The molecule has 1 rings (SSSR count). The maximum absolute atomic E-state index is 11.6. The fourth-order valence-corrected chi connectivity index (χ4v) is 1.09. The van der Waals surface area contributed by atoms with E-state index in [4.69, 9.17) is 10.2 Å². The number of rotatable bonds is 1. The monoisotopic (exact) mass is 275 g/mol. The van der Waals surface area contributed by atoms with Crippen LogP contribution in [0.25, 0.3) is 0 Å². The highest BCUT2D eigenvalue weighted by Crippen LogP contribution is 2.21. The van der Waals surface area contributed by atoms with Gasteiger partial charge in [-0.3, -0.25) is 5.32 Å². The predicted octanol–water partition coefficient (Wildman–Crippen LogP) is 3.80. The lowest BCUT2D eigenvalue weighted by molar-refractivity contribution is 0.0636. The van der Waals surface area contributed by atoms with Crippen molar-refractivity contribution in [2.45, 2.75) is 26.4 Å². The lowest BCUT2D eigenvalue weighted by atomic mass is 10.2. The Morgan fingerprint density at radius 3 is 2.67 bits per heavy atom. The van der Waals surface area contributed by atoms with Gasteiger partial charge in [-0.05, 0) is 48.8 Å². The Morgan fingerprint density at radius 1 is 1.47 bits per heavy atom. The van der Waals surface area contributed by atoms with E-state index in [1.54, 1.807) is 20.8 Å². The Bertz CT molecular complexity index is 499. The molecule has 0 aromatic heterocycles. The number of amides is 1. The summed E-state index contributed by atoms with van der Waals surface area (Å²) in [5.41, 5.74) is -0.734. The van der Waals surface area contributed by atoms with Crippen LogP contribution in [0.5, 0.6) is 0 Å². The Labute approximate surface area is 104 Å². The molecule has 0 fully saturated rings. The molecule has 0 heterocycles. The van der Waals surface area contributed by atoms with Crippen LogP contribution in [0, 0.1) is 0 Å². The number of carbonyl (C=O) groups excluding carboxylic acids is 1. The molecule has 0 aliphatic rings. The van der Waals surface area contributed by atoms with E-state index in [-0.39, 0.29) is 28.3 Å². The van der Waals surface area contributed by atoms with E-state index in [0.717, 1.165) is 0 Å². The van der Waals surface area contributed by atoms with Crippen LogP contribution in [0.15, 0.2) is 28.6 Å². The molecule has 1 N–H and O–H groups in total. The van der Waals surface area contributed by atoms with E-state index < -0.39 is 17.7 Å². The first-order valence-corrected chi connectivity index (χ1v) is 5.09. The highest BCUT2D eigenvalue weighted by molar-refractivity contribution is 9.10. The van der Waals surface area contributed by atoms with Gasteiger partial charge in [0.2, 0.25) is 0 Å². The number of halogens is 1. The van der Waals surface area contributed by atoms with Crippen molar-refractivity contribution >= 4 is 27.7 Å². The predicted molar refractivity (Wildman–Crippen MR) is 64.0 cm³/mol. The van der Waals surface area contributed by atoms with Crippen molar-refractivity contribution in [3.63, 3.8) is 0 Å². The third-order valence-corrected chi connectivity index (χ3v) is 1.86. The van der Waals surface area contributed by atoms with Crippen molar-refractivity contribution in [3.05, 3.63) is 28.6 Å². The molecule has 82 valence electrons. The lowest BCUT2D eigenvalue weighted by Gasteiger charge is -2.19. The molecular formula is C11H14BrNO2. The van der Waals surface area contributed by atoms with Crippen LogP contribution in [0.2, 0.25) is 0 Å². The average Bonchev–Trinajstić information content (AvgIpc) is 2.27. The van der Waals surface area contributed by atoms with Crippen LogP contribution < -0.4 is 5.32 Å². The maximum atomic E-state index is 11.6. The van der Waals surface area contributed by atoms with Crippen LogP contribution in [0.4, 0.5) is 10.5 Å². The van der Waals surface area contributed by atoms with Gasteiger partial charge < -0.3 is 4.74 Å². The average molecular weight is 276 g/mol. The number of para-hydroxylation sites is 1. The molecule has 1 amide bonds. The molecule has 0 bridgehead atoms. The van der Waals surface area contributed by atoms with Crippen LogP contribution >= 0.6 is 15.9 Å². The molecule has 0 aliphatic heterocycles. The number of ether oxygens (including phenoxy) is 1. The first-order valence-electron chi connectivity index (χ1n) is 6.30.